The molecule has 1 saturated heterocycles. The van der Waals surface area contributed by atoms with Crippen molar-refractivity contribution in [2.75, 3.05) is 19.6 Å². The molecule has 216 valence electrons. The number of allylic oxidation sites excluding steroid dienone is 1. The first-order valence-electron chi connectivity index (χ1n) is 16.8. The van der Waals surface area contributed by atoms with Gasteiger partial charge in [-0.1, -0.05) is 72.0 Å². The van der Waals surface area contributed by atoms with Gasteiger partial charge in [-0.3, -0.25) is 4.79 Å². The Balaban J connectivity index is 1.17. The Labute approximate surface area is 234 Å². The summed E-state index contributed by atoms with van der Waals surface area (Å²) in [6.45, 7) is 15.8. The molecule has 1 heterocycles. The maximum Gasteiger partial charge on any atom is 0.307 e. The molecular weight excluding hydrogens is 466 g/mol. The summed E-state index contributed by atoms with van der Waals surface area (Å²) < 4.78 is 6.08. The first-order chi connectivity index (χ1) is 18.2. The van der Waals surface area contributed by atoms with Gasteiger partial charge in [-0.25, -0.2) is 0 Å². The Morgan fingerprint density at radius 3 is 2.55 bits per heavy atom. The minimum atomic E-state index is 0.0337. The van der Waals surface area contributed by atoms with E-state index < -0.39 is 0 Å². The second-order valence-electron chi connectivity index (χ2n) is 15.3. The fourth-order valence-corrected chi connectivity index (χ4v) is 10.4. The number of hydrogen-bond acceptors (Lipinski definition) is 3. The molecule has 0 amide bonds. The number of likely N-dealkylation sites (tertiary alicyclic amines) is 1. The third kappa shape index (κ3) is 5.80. The van der Waals surface area contributed by atoms with E-state index in [0.717, 1.165) is 68.0 Å². The van der Waals surface area contributed by atoms with Crippen molar-refractivity contribution in [3.05, 3.63) is 11.6 Å². The van der Waals surface area contributed by atoms with Crippen molar-refractivity contribution < 1.29 is 9.53 Å². The summed E-state index contributed by atoms with van der Waals surface area (Å²) in [5, 5.41) is 0. The molecule has 3 heteroatoms. The van der Waals surface area contributed by atoms with Crippen LogP contribution in [0.2, 0.25) is 0 Å². The highest BCUT2D eigenvalue weighted by Crippen LogP contribution is 2.67. The zero-order valence-corrected chi connectivity index (χ0v) is 25.6. The molecule has 0 aromatic rings. The molecule has 3 saturated carbocycles. The Morgan fingerprint density at radius 1 is 1.00 bits per heavy atom. The lowest BCUT2D eigenvalue weighted by atomic mass is 9.47. The van der Waals surface area contributed by atoms with Crippen molar-refractivity contribution in [1.29, 1.82) is 0 Å². The quantitative estimate of drug-likeness (QED) is 0.222. The summed E-state index contributed by atoms with van der Waals surface area (Å²) >= 11 is 0. The van der Waals surface area contributed by atoms with E-state index in [1.54, 1.807) is 5.57 Å². The first kappa shape index (κ1) is 28.7. The van der Waals surface area contributed by atoms with Crippen LogP contribution in [0.25, 0.3) is 0 Å². The van der Waals surface area contributed by atoms with Gasteiger partial charge < -0.3 is 9.64 Å². The van der Waals surface area contributed by atoms with E-state index in [1.807, 2.05) is 0 Å². The SMILES string of the molecule is CC(C)CCC[C@@H](C)[C@H]1CC[C@H]2[C@@H]3CC=C4C[C@@H](OC(=O)CCN5CCCCC5)CC[C@]4(C)[C@H]3CC[C@]12C. The highest BCUT2D eigenvalue weighted by atomic mass is 16.5. The minimum Gasteiger partial charge on any atom is -0.462 e. The molecule has 8 atom stereocenters. The van der Waals surface area contributed by atoms with E-state index in [4.69, 9.17) is 4.74 Å². The molecule has 38 heavy (non-hydrogen) atoms. The van der Waals surface area contributed by atoms with Crippen LogP contribution in [0, 0.1) is 46.3 Å². The summed E-state index contributed by atoms with van der Waals surface area (Å²) in [7, 11) is 0. The number of rotatable bonds is 9. The molecule has 0 radical (unpaired) electrons. The summed E-state index contributed by atoms with van der Waals surface area (Å²) in [6.07, 6.45) is 21.8. The van der Waals surface area contributed by atoms with E-state index >= 15 is 0 Å². The lowest BCUT2D eigenvalue weighted by molar-refractivity contribution is -0.152. The van der Waals surface area contributed by atoms with Gasteiger partial charge in [0, 0.05) is 13.0 Å². The van der Waals surface area contributed by atoms with Gasteiger partial charge in [0.05, 0.1) is 6.42 Å². The maximum atomic E-state index is 12.7. The normalized spacial score (nSPS) is 40.2. The van der Waals surface area contributed by atoms with Crippen molar-refractivity contribution in [2.45, 2.75) is 137 Å². The molecule has 0 unspecified atom stereocenters. The summed E-state index contributed by atoms with van der Waals surface area (Å²) in [5.74, 6) is 5.31. The largest absolute Gasteiger partial charge is 0.462 e. The van der Waals surface area contributed by atoms with Gasteiger partial charge in [0.1, 0.15) is 6.10 Å². The summed E-state index contributed by atoms with van der Waals surface area (Å²) in [4.78, 5) is 15.1. The molecular formula is C35H59NO2. The number of hydrogen-bond donors (Lipinski definition) is 0. The number of esters is 1. The molecule has 1 aliphatic heterocycles. The minimum absolute atomic E-state index is 0.0337. The third-order valence-electron chi connectivity index (χ3n) is 12.6. The van der Waals surface area contributed by atoms with Crippen LogP contribution < -0.4 is 0 Å². The summed E-state index contributed by atoms with van der Waals surface area (Å²) in [5.41, 5.74) is 2.53. The molecule has 0 aromatic heterocycles. The number of fused-ring (bicyclic) bond motifs is 5. The monoisotopic (exact) mass is 525 g/mol. The van der Waals surface area contributed by atoms with Gasteiger partial charge in [0.25, 0.3) is 0 Å². The fraction of sp³-hybridized carbons (Fsp3) is 0.914. The Bertz CT molecular complexity index is 843. The highest BCUT2D eigenvalue weighted by Gasteiger charge is 2.59. The summed E-state index contributed by atoms with van der Waals surface area (Å²) in [6, 6.07) is 0. The van der Waals surface area contributed by atoms with Gasteiger partial charge in [-0.15, -0.1) is 0 Å². The molecule has 0 spiro atoms. The molecule has 0 N–H and O–H groups in total. The zero-order chi connectivity index (χ0) is 26.9. The van der Waals surface area contributed by atoms with Gasteiger partial charge in [-0.05, 0) is 117 Å². The molecule has 4 fully saturated rings. The average Bonchev–Trinajstić information content (AvgIpc) is 3.25. The van der Waals surface area contributed by atoms with Crippen molar-refractivity contribution >= 4 is 5.97 Å². The molecule has 3 nitrogen and oxygen atoms in total. The topological polar surface area (TPSA) is 29.5 Å². The number of carbonyl (C=O) groups excluding carboxylic acids is 1. The van der Waals surface area contributed by atoms with Crippen molar-refractivity contribution in [1.82, 2.24) is 4.90 Å². The number of ether oxygens (including phenoxy) is 1. The smallest absolute Gasteiger partial charge is 0.307 e. The lowest BCUT2D eigenvalue weighted by Crippen LogP contribution is -2.51. The van der Waals surface area contributed by atoms with Crippen molar-refractivity contribution in [3.63, 3.8) is 0 Å². The average molecular weight is 526 g/mol. The number of nitrogens with zero attached hydrogens (tertiary/aromatic N) is 1. The lowest BCUT2D eigenvalue weighted by Gasteiger charge is -2.58. The fourth-order valence-electron chi connectivity index (χ4n) is 10.4. The van der Waals surface area contributed by atoms with Crippen LogP contribution in [0.3, 0.4) is 0 Å². The van der Waals surface area contributed by atoms with Gasteiger partial charge in [0.2, 0.25) is 0 Å². The molecule has 5 rings (SSSR count). The van der Waals surface area contributed by atoms with Crippen LogP contribution in [0.4, 0.5) is 0 Å². The van der Waals surface area contributed by atoms with E-state index in [9.17, 15) is 4.79 Å². The van der Waals surface area contributed by atoms with Gasteiger partial charge in [-0.2, -0.15) is 0 Å². The van der Waals surface area contributed by atoms with Crippen molar-refractivity contribution in [3.8, 4) is 0 Å². The maximum absolute atomic E-state index is 12.7. The molecule has 4 aliphatic carbocycles. The molecule has 0 bridgehead atoms. The van der Waals surface area contributed by atoms with Crippen LogP contribution >= 0.6 is 0 Å². The third-order valence-corrected chi connectivity index (χ3v) is 12.6. The van der Waals surface area contributed by atoms with Crippen LogP contribution in [0.1, 0.15) is 131 Å². The molecule has 0 aromatic carbocycles. The van der Waals surface area contributed by atoms with Crippen LogP contribution in [0.15, 0.2) is 11.6 Å². The Kier molecular flexibility index (Phi) is 9.03. The van der Waals surface area contributed by atoms with E-state index in [0.29, 0.717) is 17.3 Å². The van der Waals surface area contributed by atoms with Gasteiger partial charge >= 0.3 is 5.97 Å². The van der Waals surface area contributed by atoms with E-state index in [1.165, 1.54) is 77.0 Å². The first-order valence-corrected chi connectivity index (χ1v) is 16.8. The number of carbonyl (C=O) groups is 1. The Hall–Kier alpha value is -0.830. The molecule has 5 aliphatic rings. The predicted molar refractivity (Wildman–Crippen MR) is 158 cm³/mol. The van der Waals surface area contributed by atoms with Crippen LogP contribution in [-0.2, 0) is 9.53 Å². The van der Waals surface area contributed by atoms with Crippen LogP contribution in [0.5, 0.6) is 0 Å². The van der Waals surface area contributed by atoms with E-state index in [2.05, 4.69) is 45.6 Å². The second-order valence-corrected chi connectivity index (χ2v) is 15.3. The Morgan fingerprint density at radius 2 is 1.79 bits per heavy atom. The second kappa shape index (κ2) is 12.0. The predicted octanol–water partition coefficient (Wildman–Crippen LogP) is 8.82. The standard InChI is InChI=1S/C35H59NO2/c1-25(2)10-9-11-26(3)30-14-15-31-29-13-12-27-24-28(38-33(37)18-23-36-21-7-6-8-22-36)16-19-34(27,4)32(29)17-20-35(30,31)5/h12,25-26,28-32H,6-11,13-24H2,1-5H3/t26-,28+,29+,30-,31+,32+,34+,35-/m1/s1. The van der Waals surface area contributed by atoms with Crippen molar-refractivity contribution in [2.24, 2.45) is 46.3 Å². The van der Waals surface area contributed by atoms with Crippen LogP contribution in [-0.4, -0.2) is 36.6 Å². The van der Waals surface area contributed by atoms with E-state index in [-0.39, 0.29) is 12.1 Å². The number of piperidine rings is 1. The highest BCUT2D eigenvalue weighted by molar-refractivity contribution is 5.69. The zero-order valence-electron chi connectivity index (χ0n) is 25.6. The van der Waals surface area contributed by atoms with Gasteiger partial charge in [0.15, 0.2) is 0 Å².